The number of nitrogens with zero attached hydrogens (tertiary/aromatic N) is 5. The Kier molecular flexibility index (Phi) is 11.3. The Morgan fingerprint density at radius 1 is 0.742 bits per heavy atom. The van der Waals surface area contributed by atoms with E-state index in [0.29, 0.717) is 30.9 Å². The molecule has 2 saturated heterocycles. The van der Waals surface area contributed by atoms with Gasteiger partial charge in [-0.1, -0.05) is 84.9 Å². The third-order valence-corrected chi connectivity index (χ3v) is 12.3. The van der Waals surface area contributed by atoms with E-state index in [1.807, 2.05) is 88.9 Å². The summed E-state index contributed by atoms with van der Waals surface area (Å²) in [4.78, 5) is 74.5. The first kappa shape index (κ1) is 40.3. The van der Waals surface area contributed by atoms with Crippen LogP contribution >= 0.6 is 0 Å². The largest absolute Gasteiger partial charge is 0.469 e. The van der Waals surface area contributed by atoms with Crippen molar-refractivity contribution < 1.29 is 28.7 Å². The average Bonchev–Trinajstić information content (AvgIpc) is 4.16. The Labute approximate surface area is 359 Å². The number of rotatable bonds is 11. The average molecular weight is 830 g/mol. The molecule has 1 unspecified atom stereocenters. The number of pyridine rings is 2. The lowest BCUT2D eigenvalue weighted by Crippen LogP contribution is -2.43. The lowest BCUT2D eigenvalue weighted by atomic mass is 9.93. The van der Waals surface area contributed by atoms with Gasteiger partial charge in [0.05, 0.1) is 44.3 Å². The molecule has 3 aromatic heterocycles. The van der Waals surface area contributed by atoms with Crippen LogP contribution in [-0.4, -0.2) is 87.7 Å². The van der Waals surface area contributed by atoms with Crippen molar-refractivity contribution in [2.75, 3.05) is 27.3 Å². The number of carbonyl (C=O) groups excluding carboxylic acids is 4. The quantitative estimate of drug-likeness (QED) is 0.124. The first-order valence-electron chi connectivity index (χ1n) is 21.1. The molecular weight excluding hydrogens is 783 g/mol. The van der Waals surface area contributed by atoms with Crippen molar-refractivity contribution in [1.82, 2.24) is 30.1 Å². The Morgan fingerprint density at radius 2 is 1.42 bits per heavy atom. The van der Waals surface area contributed by atoms with Crippen LogP contribution in [0.1, 0.15) is 72.5 Å². The van der Waals surface area contributed by atoms with Gasteiger partial charge in [0.15, 0.2) is 5.82 Å². The highest BCUT2D eigenvalue weighted by molar-refractivity contribution is 6.01. The van der Waals surface area contributed by atoms with Crippen LogP contribution in [0.4, 0.5) is 10.6 Å². The van der Waals surface area contributed by atoms with E-state index >= 15 is 0 Å². The summed E-state index contributed by atoms with van der Waals surface area (Å²) in [6, 6.07) is 31.9. The topological polar surface area (TPSA) is 159 Å². The first-order chi connectivity index (χ1) is 30.3. The minimum atomic E-state index is -0.883. The highest BCUT2D eigenvalue weighted by Gasteiger charge is 2.39. The number of esters is 1. The second kappa shape index (κ2) is 17.4. The summed E-state index contributed by atoms with van der Waals surface area (Å²) < 4.78 is 9.81. The maximum absolute atomic E-state index is 14.1. The van der Waals surface area contributed by atoms with Crippen molar-refractivity contribution in [2.45, 2.75) is 62.6 Å². The number of nitrogens with one attached hydrogen (secondary N) is 2. The van der Waals surface area contributed by atoms with Crippen LogP contribution in [0.5, 0.6) is 0 Å². The molecule has 4 atom stereocenters. The van der Waals surface area contributed by atoms with Crippen molar-refractivity contribution in [2.24, 2.45) is 4.99 Å². The van der Waals surface area contributed by atoms with E-state index in [-0.39, 0.29) is 30.3 Å². The van der Waals surface area contributed by atoms with E-state index in [9.17, 15) is 19.2 Å². The predicted octanol–water partition coefficient (Wildman–Crippen LogP) is 8.02. The Hall–Kier alpha value is -7.15. The normalized spacial score (nSPS) is 17.9. The van der Waals surface area contributed by atoms with Crippen LogP contribution in [0.3, 0.4) is 0 Å². The van der Waals surface area contributed by atoms with Gasteiger partial charge in [0.2, 0.25) is 11.8 Å². The standard InChI is InChI=1S/C49H47N7O6/c1-61-44(57)26-37(31-11-5-3-6-12-31)47(58)55-21-10-16-43(55)41-24-34-23-35(28-51-46(34)53-41)30-17-19-32(20-18-30)38-25-36-29-50-40(27-39(36)52-38)42-15-9-22-56(42)48(59)45(54-49(60)62-2)33-13-7-4-8-14-33/h3-8,11-14,17-20,23,25,27-29,37,42-43,45,52H,9-10,15-16,21-22,24,26H2,1-2H3,(H,54,60)/t37-,42?,43+,45-/m1/s1. The SMILES string of the molecule is COC(=O)C[C@@H](C(=O)N1CCC[C@H]1C1=Nc2ncc(-c3ccc(-c4cc5cnc(C6CCCN6C(=O)[C@H](NC(=O)OC)c6ccccc6)cc5[nH]4)cc3)cc2C1)c1ccccc1. The molecule has 0 bridgehead atoms. The smallest absolute Gasteiger partial charge is 0.407 e. The summed E-state index contributed by atoms with van der Waals surface area (Å²) in [5, 5.41) is 3.68. The second-order valence-corrected chi connectivity index (χ2v) is 16.0. The highest BCUT2D eigenvalue weighted by Crippen LogP contribution is 2.37. The van der Waals surface area contributed by atoms with Gasteiger partial charge in [-0.15, -0.1) is 0 Å². The molecule has 2 fully saturated rings. The summed E-state index contributed by atoms with van der Waals surface area (Å²) >= 11 is 0. The molecule has 0 radical (unpaired) electrons. The third kappa shape index (κ3) is 8.05. The number of alkyl carbamates (subject to hydrolysis) is 1. The number of benzene rings is 3. The Bertz CT molecular complexity index is 2660. The molecule has 314 valence electrons. The molecule has 3 aromatic carbocycles. The Balaban J connectivity index is 0.883. The fourth-order valence-electron chi connectivity index (χ4n) is 9.15. The van der Waals surface area contributed by atoms with Crippen LogP contribution in [-0.2, 0) is 30.3 Å². The number of aliphatic imine (C=N–C) groups is 1. The Morgan fingerprint density at radius 3 is 2.13 bits per heavy atom. The third-order valence-electron chi connectivity index (χ3n) is 12.3. The molecule has 0 spiro atoms. The van der Waals surface area contributed by atoms with Crippen LogP contribution in [0.2, 0.25) is 0 Å². The van der Waals surface area contributed by atoms with Crippen molar-refractivity contribution in [1.29, 1.82) is 0 Å². The molecule has 3 amide bonds. The van der Waals surface area contributed by atoms with E-state index in [2.05, 4.69) is 46.7 Å². The van der Waals surface area contributed by atoms with Gasteiger partial charge in [0, 0.05) is 65.3 Å². The molecule has 3 aliphatic heterocycles. The minimum absolute atomic E-state index is 0.0177. The summed E-state index contributed by atoms with van der Waals surface area (Å²) in [7, 11) is 2.63. The number of carbonyl (C=O) groups is 4. The van der Waals surface area contributed by atoms with Gasteiger partial charge >= 0.3 is 12.1 Å². The van der Waals surface area contributed by atoms with Crippen LogP contribution < -0.4 is 5.32 Å². The van der Waals surface area contributed by atoms with Gasteiger partial charge in [-0.05, 0) is 66.1 Å². The molecule has 3 aliphatic rings. The molecule has 0 saturated carbocycles. The van der Waals surface area contributed by atoms with Crippen molar-refractivity contribution >= 4 is 46.3 Å². The zero-order valence-electron chi connectivity index (χ0n) is 34.6. The minimum Gasteiger partial charge on any atom is -0.469 e. The second-order valence-electron chi connectivity index (χ2n) is 16.0. The number of aromatic amines is 1. The molecule has 9 rings (SSSR count). The molecule has 6 heterocycles. The molecule has 13 nitrogen and oxygen atoms in total. The number of fused-ring (bicyclic) bond motifs is 2. The predicted molar refractivity (Wildman–Crippen MR) is 235 cm³/mol. The monoisotopic (exact) mass is 829 g/mol. The molecule has 0 aliphatic carbocycles. The molecule has 62 heavy (non-hydrogen) atoms. The molecular formula is C49H47N7O6. The van der Waals surface area contributed by atoms with E-state index in [1.165, 1.54) is 14.2 Å². The summed E-state index contributed by atoms with van der Waals surface area (Å²) in [6.45, 7) is 1.16. The van der Waals surface area contributed by atoms with E-state index < -0.39 is 24.0 Å². The number of hydrogen-bond donors (Lipinski definition) is 2. The summed E-state index contributed by atoms with van der Waals surface area (Å²) in [5.41, 5.74) is 9.07. The number of ether oxygens (including phenoxy) is 2. The van der Waals surface area contributed by atoms with Gasteiger partial charge < -0.3 is 29.6 Å². The van der Waals surface area contributed by atoms with Gasteiger partial charge in [0.25, 0.3) is 0 Å². The number of amides is 3. The number of H-pyrrole nitrogens is 1. The lowest BCUT2D eigenvalue weighted by molar-refractivity contribution is -0.144. The number of aromatic nitrogens is 3. The fraction of sp³-hybridized carbons (Fsp3) is 0.286. The lowest BCUT2D eigenvalue weighted by Gasteiger charge is -2.29. The van der Waals surface area contributed by atoms with E-state index in [0.717, 1.165) is 81.5 Å². The first-order valence-corrected chi connectivity index (χ1v) is 21.1. The van der Waals surface area contributed by atoms with Crippen LogP contribution in [0, 0.1) is 0 Å². The number of likely N-dealkylation sites (tertiary alicyclic amines) is 2. The zero-order chi connectivity index (χ0) is 42.7. The van der Waals surface area contributed by atoms with Gasteiger partial charge in [0.1, 0.15) is 6.04 Å². The molecule has 13 heteroatoms. The van der Waals surface area contributed by atoms with E-state index in [4.69, 9.17) is 24.4 Å². The van der Waals surface area contributed by atoms with E-state index in [1.54, 1.807) is 0 Å². The van der Waals surface area contributed by atoms with Gasteiger partial charge in [-0.3, -0.25) is 19.4 Å². The zero-order valence-corrected chi connectivity index (χ0v) is 34.6. The van der Waals surface area contributed by atoms with Gasteiger partial charge in [-0.2, -0.15) is 0 Å². The maximum Gasteiger partial charge on any atom is 0.407 e. The number of hydrogen-bond acceptors (Lipinski definition) is 9. The van der Waals surface area contributed by atoms with Crippen molar-refractivity contribution in [3.8, 4) is 22.4 Å². The van der Waals surface area contributed by atoms with Crippen molar-refractivity contribution in [3.63, 3.8) is 0 Å². The van der Waals surface area contributed by atoms with Crippen LogP contribution in [0.25, 0.3) is 33.3 Å². The molecule has 2 N–H and O–H groups in total. The molecule has 6 aromatic rings. The fourth-order valence-corrected chi connectivity index (χ4v) is 9.15. The maximum atomic E-state index is 14.1. The number of methoxy groups -OCH3 is 2. The highest BCUT2D eigenvalue weighted by atomic mass is 16.5. The van der Waals surface area contributed by atoms with Gasteiger partial charge in [-0.25, -0.2) is 14.8 Å². The summed E-state index contributed by atoms with van der Waals surface area (Å²) in [5.74, 6) is -0.654. The summed E-state index contributed by atoms with van der Waals surface area (Å²) in [6.07, 6.45) is 6.86. The van der Waals surface area contributed by atoms with Crippen molar-refractivity contribution in [3.05, 3.63) is 138 Å². The van der Waals surface area contributed by atoms with Crippen LogP contribution in [0.15, 0.2) is 121 Å².